The van der Waals surface area contributed by atoms with E-state index in [2.05, 4.69) is 0 Å². The molecule has 0 aliphatic heterocycles. The first-order valence-electron chi connectivity index (χ1n) is 4.80. The number of hydrogen-bond donors (Lipinski definition) is 2. The van der Waals surface area contributed by atoms with Gasteiger partial charge in [-0.25, -0.2) is 9.59 Å². The molecule has 0 fully saturated rings. The van der Waals surface area contributed by atoms with Gasteiger partial charge in [-0.2, -0.15) is 0 Å². The first kappa shape index (κ1) is 13.5. The van der Waals surface area contributed by atoms with Crippen LogP contribution in [0.25, 0.3) is 0 Å². The first-order valence-corrected chi connectivity index (χ1v) is 4.80. The monoisotopic (exact) mass is 218 g/mol. The minimum Gasteiger partial charge on any atom is -0.465 e. The van der Waals surface area contributed by atoms with E-state index in [-0.39, 0.29) is 13.1 Å². The molecule has 0 aliphatic carbocycles. The Balaban J connectivity index is 5.05. The van der Waals surface area contributed by atoms with Gasteiger partial charge in [-0.3, -0.25) is 9.80 Å². The van der Waals surface area contributed by atoms with Gasteiger partial charge in [0.1, 0.15) is 5.66 Å². The molecule has 0 aromatic rings. The third kappa shape index (κ3) is 2.74. The minimum absolute atomic E-state index is 0.242. The average Bonchev–Trinajstić information content (AvgIpc) is 2.02. The van der Waals surface area contributed by atoms with Gasteiger partial charge < -0.3 is 10.2 Å². The van der Waals surface area contributed by atoms with E-state index in [4.69, 9.17) is 10.2 Å². The summed E-state index contributed by atoms with van der Waals surface area (Å²) in [6.07, 6.45) is -2.25. The Labute approximate surface area is 89.1 Å². The van der Waals surface area contributed by atoms with Crippen molar-refractivity contribution < 1.29 is 19.8 Å². The van der Waals surface area contributed by atoms with E-state index in [9.17, 15) is 9.59 Å². The maximum absolute atomic E-state index is 10.9. The van der Waals surface area contributed by atoms with Crippen molar-refractivity contribution >= 4 is 12.2 Å². The maximum atomic E-state index is 10.9. The molecule has 0 spiro atoms. The second-order valence-electron chi connectivity index (χ2n) is 3.55. The molecule has 0 saturated heterocycles. The Morgan fingerprint density at radius 1 is 1.00 bits per heavy atom. The Morgan fingerprint density at radius 2 is 1.27 bits per heavy atom. The Kier molecular flexibility index (Phi) is 4.39. The molecule has 0 bridgehead atoms. The predicted molar refractivity (Wildman–Crippen MR) is 54.9 cm³/mol. The van der Waals surface area contributed by atoms with Gasteiger partial charge in [-0.05, 0) is 27.7 Å². The SMILES string of the molecule is CCN(C(=O)O)C(C)(C)N(CC)C(=O)O. The summed E-state index contributed by atoms with van der Waals surface area (Å²) < 4.78 is 0. The second kappa shape index (κ2) is 4.86. The molecule has 0 atom stereocenters. The quantitative estimate of drug-likeness (QED) is 0.704. The summed E-state index contributed by atoms with van der Waals surface area (Å²) in [7, 11) is 0. The van der Waals surface area contributed by atoms with Crippen LogP contribution in [0.4, 0.5) is 9.59 Å². The highest BCUT2D eigenvalue weighted by atomic mass is 16.4. The van der Waals surface area contributed by atoms with Crippen molar-refractivity contribution in [1.82, 2.24) is 9.80 Å². The predicted octanol–water partition coefficient (Wildman–Crippen LogP) is 1.72. The van der Waals surface area contributed by atoms with Crippen molar-refractivity contribution in [2.45, 2.75) is 33.4 Å². The number of hydrogen-bond acceptors (Lipinski definition) is 2. The molecular weight excluding hydrogens is 200 g/mol. The van der Waals surface area contributed by atoms with E-state index in [1.54, 1.807) is 27.7 Å². The van der Waals surface area contributed by atoms with E-state index in [1.165, 1.54) is 0 Å². The summed E-state index contributed by atoms with van der Waals surface area (Å²) in [4.78, 5) is 24.0. The summed E-state index contributed by atoms with van der Waals surface area (Å²) in [5, 5.41) is 17.9. The van der Waals surface area contributed by atoms with E-state index >= 15 is 0 Å². The average molecular weight is 218 g/mol. The van der Waals surface area contributed by atoms with Crippen molar-refractivity contribution in [3.8, 4) is 0 Å². The fourth-order valence-corrected chi connectivity index (χ4v) is 1.66. The lowest BCUT2D eigenvalue weighted by molar-refractivity contribution is -0.00462. The normalized spacial score (nSPS) is 10.9. The van der Waals surface area contributed by atoms with Gasteiger partial charge in [-0.15, -0.1) is 0 Å². The van der Waals surface area contributed by atoms with E-state index in [0.717, 1.165) is 9.80 Å². The standard InChI is InChI=1S/C9H18N2O4/c1-5-10(7(12)13)9(3,4)11(6-2)8(14)15/h5-6H2,1-4H3,(H,12,13)(H,14,15). The van der Waals surface area contributed by atoms with Gasteiger partial charge in [0.05, 0.1) is 0 Å². The summed E-state index contributed by atoms with van der Waals surface area (Å²) in [5.41, 5.74) is -1.05. The number of nitrogens with zero attached hydrogens (tertiary/aromatic N) is 2. The summed E-state index contributed by atoms with van der Waals surface area (Å²) in [6.45, 7) is 6.97. The zero-order valence-electron chi connectivity index (χ0n) is 9.52. The molecular formula is C9H18N2O4. The van der Waals surface area contributed by atoms with Crippen molar-refractivity contribution in [1.29, 1.82) is 0 Å². The van der Waals surface area contributed by atoms with Crippen LogP contribution in [0.15, 0.2) is 0 Å². The highest BCUT2D eigenvalue weighted by Gasteiger charge is 2.37. The van der Waals surface area contributed by atoms with Gasteiger partial charge in [0.2, 0.25) is 0 Å². The van der Waals surface area contributed by atoms with Crippen molar-refractivity contribution in [3.63, 3.8) is 0 Å². The van der Waals surface area contributed by atoms with Crippen LogP contribution >= 0.6 is 0 Å². The lowest BCUT2D eigenvalue weighted by atomic mass is 10.1. The molecule has 88 valence electrons. The van der Waals surface area contributed by atoms with Gasteiger partial charge in [0.25, 0.3) is 0 Å². The summed E-state index contributed by atoms with van der Waals surface area (Å²) >= 11 is 0. The van der Waals surface area contributed by atoms with Crippen LogP contribution < -0.4 is 0 Å². The Morgan fingerprint density at radius 3 is 1.40 bits per heavy atom. The molecule has 6 heteroatoms. The van der Waals surface area contributed by atoms with Crippen LogP contribution in [0.1, 0.15) is 27.7 Å². The maximum Gasteiger partial charge on any atom is 0.409 e. The molecule has 0 aromatic heterocycles. The van der Waals surface area contributed by atoms with Crippen LogP contribution in [0.2, 0.25) is 0 Å². The Hall–Kier alpha value is -1.46. The zero-order valence-corrected chi connectivity index (χ0v) is 9.52. The van der Waals surface area contributed by atoms with Crippen LogP contribution in [0.3, 0.4) is 0 Å². The molecule has 0 heterocycles. The van der Waals surface area contributed by atoms with Crippen molar-refractivity contribution in [2.75, 3.05) is 13.1 Å². The Bertz CT molecular complexity index is 228. The molecule has 0 rings (SSSR count). The topological polar surface area (TPSA) is 81.1 Å². The summed E-state index contributed by atoms with van der Waals surface area (Å²) in [6, 6.07) is 0. The van der Waals surface area contributed by atoms with Gasteiger partial charge >= 0.3 is 12.2 Å². The fraction of sp³-hybridized carbons (Fsp3) is 0.778. The number of carboxylic acid groups (broad SMARTS) is 2. The molecule has 0 radical (unpaired) electrons. The summed E-state index contributed by atoms with van der Waals surface area (Å²) in [5.74, 6) is 0. The van der Waals surface area contributed by atoms with Crippen molar-refractivity contribution in [2.24, 2.45) is 0 Å². The molecule has 6 nitrogen and oxygen atoms in total. The number of rotatable bonds is 4. The fourth-order valence-electron chi connectivity index (χ4n) is 1.66. The van der Waals surface area contributed by atoms with E-state index in [0.29, 0.717) is 0 Å². The zero-order chi connectivity index (χ0) is 12.2. The highest BCUT2D eigenvalue weighted by Crippen LogP contribution is 2.19. The smallest absolute Gasteiger partial charge is 0.409 e. The molecule has 0 unspecified atom stereocenters. The molecule has 2 amide bonds. The van der Waals surface area contributed by atoms with Crippen LogP contribution in [-0.4, -0.2) is 51.0 Å². The van der Waals surface area contributed by atoms with Crippen LogP contribution in [0.5, 0.6) is 0 Å². The van der Waals surface area contributed by atoms with Gasteiger partial charge in [0.15, 0.2) is 0 Å². The lowest BCUT2D eigenvalue weighted by Gasteiger charge is -2.42. The molecule has 0 aliphatic rings. The minimum atomic E-state index is -1.12. The van der Waals surface area contributed by atoms with Gasteiger partial charge in [0, 0.05) is 13.1 Å². The van der Waals surface area contributed by atoms with E-state index < -0.39 is 17.8 Å². The highest BCUT2D eigenvalue weighted by molar-refractivity contribution is 5.69. The third-order valence-corrected chi connectivity index (χ3v) is 2.42. The molecule has 0 aromatic carbocycles. The first-order chi connectivity index (χ1) is 6.78. The van der Waals surface area contributed by atoms with Crippen LogP contribution in [0, 0.1) is 0 Å². The third-order valence-electron chi connectivity index (χ3n) is 2.42. The second-order valence-corrected chi connectivity index (χ2v) is 3.55. The molecule has 15 heavy (non-hydrogen) atoms. The van der Waals surface area contributed by atoms with E-state index in [1.807, 2.05) is 0 Å². The largest absolute Gasteiger partial charge is 0.465 e. The number of carbonyl (C=O) groups is 2. The number of amides is 2. The van der Waals surface area contributed by atoms with Crippen LogP contribution in [-0.2, 0) is 0 Å². The van der Waals surface area contributed by atoms with Crippen molar-refractivity contribution in [3.05, 3.63) is 0 Å². The lowest BCUT2D eigenvalue weighted by Crippen LogP contribution is -2.59. The van der Waals surface area contributed by atoms with Gasteiger partial charge in [-0.1, -0.05) is 0 Å². The molecule has 2 N–H and O–H groups in total. The molecule has 0 saturated carbocycles.